The number of amides is 2. The number of piperidine rings is 1. The van der Waals surface area contributed by atoms with Crippen LogP contribution in [0.15, 0.2) is 0 Å². The molecule has 2 saturated heterocycles. The van der Waals surface area contributed by atoms with Gasteiger partial charge in [0.25, 0.3) is 0 Å². The van der Waals surface area contributed by atoms with E-state index < -0.39 is 0 Å². The van der Waals surface area contributed by atoms with Crippen molar-refractivity contribution in [3.05, 3.63) is 0 Å². The zero-order valence-corrected chi connectivity index (χ0v) is 10.4. The number of carbonyl (C=O) groups excluding carboxylic acids is 2. The molecular weight excluding hydrogens is 218 g/mol. The topological polar surface area (TPSA) is 61.4 Å². The molecular formula is C12H21N3O2. The van der Waals surface area contributed by atoms with Crippen LogP contribution in [0.1, 0.15) is 26.2 Å². The van der Waals surface area contributed by atoms with E-state index in [0.29, 0.717) is 12.3 Å². The van der Waals surface area contributed by atoms with Crippen LogP contribution in [-0.2, 0) is 9.59 Å². The summed E-state index contributed by atoms with van der Waals surface area (Å²) in [6.45, 7) is 5.07. The molecule has 0 radical (unpaired) electrons. The Morgan fingerprint density at radius 3 is 2.41 bits per heavy atom. The molecule has 0 aliphatic carbocycles. The molecule has 0 atom stereocenters. The molecule has 0 aromatic carbocycles. The summed E-state index contributed by atoms with van der Waals surface area (Å²) in [7, 11) is 0. The fourth-order valence-electron chi connectivity index (χ4n) is 2.43. The largest absolute Gasteiger partial charge is 0.353 e. The Bertz CT molecular complexity index is 294. The van der Waals surface area contributed by atoms with Crippen molar-refractivity contribution in [1.82, 2.24) is 15.5 Å². The van der Waals surface area contributed by atoms with Crippen LogP contribution in [0, 0.1) is 5.92 Å². The molecule has 2 heterocycles. The summed E-state index contributed by atoms with van der Waals surface area (Å²) in [5.41, 5.74) is 0. The molecule has 5 nitrogen and oxygen atoms in total. The number of hydrogen-bond acceptors (Lipinski definition) is 3. The third kappa shape index (κ3) is 3.43. The van der Waals surface area contributed by atoms with Gasteiger partial charge in [-0.15, -0.1) is 0 Å². The summed E-state index contributed by atoms with van der Waals surface area (Å²) in [4.78, 5) is 24.8. The summed E-state index contributed by atoms with van der Waals surface area (Å²) in [6.07, 6.45) is 2.44. The van der Waals surface area contributed by atoms with Crippen molar-refractivity contribution in [2.45, 2.75) is 32.2 Å². The van der Waals surface area contributed by atoms with Gasteiger partial charge in [0.2, 0.25) is 11.8 Å². The van der Waals surface area contributed by atoms with E-state index in [1.54, 1.807) is 6.92 Å². The van der Waals surface area contributed by atoms with Crippen molar-refractivity contribution < 1.29 is 9.59 Å². The van der Waals surface area contributed by atoms with Crippen LogP contribution < -0.4 is 10.6 Å². The molecule has 0 aromatic rings. The van der Waals surface area contributed by atoms with E-state index in [1.807, 2.05) is 4.90 Å². The van der Waals surface area contributed by atoms with E-state index in [-0.39, 0.29) is 17.9 Å². The van der Waals surface area contributed by atoms with Crippen molar-refractivity contribution in [2.24, 2.45) is 5.92 Å². The number of carbonyl (C=O) groups is 2. The Hall–Kier alpha value is -1.10. The molecule has 96 valence electrons. The maximum absolute atomic E-state index is 11.9. The maximum atomic E-state index is 11.9. The molecule has 2 fully saturated rings. The number of likely N-dealkylation sites (tertiary alicyclic amines) is 1. The fraction of sp³-hybridized carbons (Fsp3) is 0.833. The molecule has 2 aliphatic heterocycles. The van der Waals surface area contributed by atoms with E-state index in [1.165, 1.54) is 0 Å². The van der Waals surface area contributed by atoms with Crippen LogP contribution in [0.25, 0.3) is 0 Å². The van der Waals surface area contributed by atoms with Crippen molar-refractivity contribution in [3.8, 4) is 0 Å². The van der Waals surface area contributed by atoms with Crippen molar-refractivity contribution in [1.29, 1.82) is 0 Å². The first-order valence-corrected chi connectivity index (χ1v) is 6.40. The lowest BCUT2D eigenvalue weighted by molar-refractivity contribution is -0.133. The molecule has 2 rings (SSSR count). The number of nitrogens with zero attached hydrogens (tertiary/aromatic N) is 1. The second-order valence-corrected chi connectivity index (χ2v) is 5.08. The summed E-state index contributed by atoms with van der Waals surface area (Å²) < 4.78 is 0. The van der Waals surface area contributed by atoms with Gasteiger partial charge >= 0.3 is 0 Å². The normalized spacial score (nSPS) is 22.1. The SMILES string of the molecule is CC(=O)NC1CCN(C(=O)CC2CNC2)CC1. The summed E-state index contributed by atoms with van der Waals surface area (Å²) >= 11 is 0. The van der Waals surface area contributed by atoms with E-state index in [0.717, 1.165) is 39.0 Å². The van der Waals surface area contributed by atoms with Gasteiger partial charge in [0, 0.05) is 32.5 Å². The minimum absolute atomic E-state index is 0.0234. The Morgan fingerprint density at radius 2 is 1.94 bits per heavy atom. The van der Waals surface area contributed by atoms with Gasteiger partial charge in [-0.25, -0.2) is 0 Å². The van der Waals surface area contributed by atoms with Gasteiger partial charge in [-0.05, 0) is 31.8 Å². The van der Waals surface area contributed by atoms with Crippen molar-refractivity contribution in [2.75, 3.05) is 26.2 Å². The van der Waals surface area contributed by atoms with Crippen LogP contribution in [0.5, 0.6) is 0 Å². The van der Waals surface area contributed by atoms with E-state index in [2.05, 4.69) is 10.6 Å². The van der Waals surface area contributed by atoms with Crippen molar-refractivity contribution >= 4 is 11.8 Å². The van der Waals surface area contributed by atoms with Gasteiger partial charge in [0.1, 0.15) is 0 Å². The van der Waals surface area contributed by atoms with E-state index >= 15 is 0 Å². The van der Waals surface area contributed by atoms with Gasteiger partial charge < -0.3 is 15.5 Å². The Labute approximate surface area is 102 Å². The predicted molar refractivity (Wildman–Crippen MR) is 64.4 cm³/mol. The van der Waals surface area contributed by atoms with Crippen LogP contribution in [-0.4, -0.2) is 48.9 Å². The average Bonchev–Trinajstić information content (AvgIpc) is 2.23. The van der Waals surface area contributed by atoms with Gasteiger partial charge in [-0.2, -0.15) is 0 Å². The lowest BCUT2D eigenvalue weighted by Gasteiger charge is -2.34. The smallest absolute Gasteiger partial charge is 0.222 e. The first kappa shape index (κ1) is 12.4. The molecule has 17 heavy (non-hydrogen) atoms. The molecule has 0 aromatic heterocycles. The fourth-order valence-corrected chi connectivity index (χ4v) is 2.43. The first-order valence-electron chi connectivity index (χ1n) is 6.40. The third-order valence-corrected chi connectivity index (χ3v) is 3.58. The monoisotopic (exact) mass is 239 g/mol. The lowest BCUT2D eigenvalue weighted by Crippen LogP contribution is -2.49. The predicted octanol–water partition coefficient (Wildman–Crippen LogP) is -0.277. The minimum Gasteiger partial charge on any atom is -0.353 e. The molecule has 2 N–H and O–H groups in total. The Balaban J connectivity index is 1.70. The molecule has 5 heteroatoms. The first-order chi connectivity index (χ1) is 8.15. The Kier molecular flexibility index (Phi) is 3.99. The summed E-state index contributed by atoms with van der Waals surface area (Å²) in [5, 5.41) is 6.10. The quantitative estimate of drug-likeness (QED) is 0.712. The number of nitrogens with one attached hydrogen (secondary N) is 2. The van der Waals surface area contributed by atoms with Gasteiger partial charge in [-0.1, -0.05) is 0 Å². The highest BCUT2D eigenvalue weighted by Gasteiger charge is 2.26. The summed E-state index contributed by atoms with van der Waals surface area (Å²) in [6, 6.07) is 0.252. The van der Waals surface area contributed by atoms with Crippen LogP contribution in [0.4, 0.5) is 0 Å². The highest BCUT2D eigenvalue weighted by atomic mass is 16.2. The molecule has 2 aliphatic rings. The van der Waals surface area contributed by atoms with Crippen molar-refractivity contribution in [3.63, 3.8) is 0 Å². The van der Waals surface area contributed by atoms with Gasteiger partial charge in [0.15, 0.2) is 0 Å². The molecule has 0 unspecified atom stereocenters. The van der Waals surface area contributed by atoms with Crippen LogP contribution in [0.3, 0.4) is 0 Å². The average molecular weight is 239 g/mol. The number of hydrogen-bond donors (Lipinski definition) is 2. The molecule has 0 bridgehead atoms. The second kappa shape index (κ2) is 5.49. The molecule has 0 spiro atoms. The number of rotatable bonds is 3. The zero-order chi connectivity index (χ0) is 12.3. The highest BCUT2D eigenvalue weighted by molar-refractivity contribution is 5.77. The maximum Gasteiger partial charge on any atom is 0.222 e. The van der Waals surface area contributed by atoms with Gasteiger partial charge in [0.05, 0.1) is 0 Å². The summed E-state index contributed by atoms with van der Waals surface area (Å²) in [5.74, 6) is 0.837. The Morgan fingerprint density at radius 1 is 1.29 bits per heavy atom. The van der Waals surface area contributed by atoms with Crippen LogP contribution >= 0.6 is 0 Å². The highest BCUT2D eigenvalue weighted by Crippen LogP contribution is 2.15. The van der Waals surface area contributed by atoms with E-state index in [4.69, 9.17) is 0 Å². The minimum atomic E-state index is 0.0234. The van der Waals surface area contributed by atoms with Crippen LogP contribution in [0.2, 0.25) is 0 Å². The molecule has 0 saturated carbocycles. The van der Waals surface area contributed by atoms with Gasteiger partial charge in [-0.3, -0.25) is 9.59 Å². The zero-order valence-electron chi connectivity index (χ0n) is 10.4. The van der Waals surface area contributed by atoms with E-state index in [9.17, 15) is 9.59 Å². The standard InChI is InChI=1S/C12H21N3O2/c1-9(16)14-11-2-4-15(5-3-11)12(17)6-10-7-13-8-10/h10-11,13H,2-8H2,1H3,(H,14,16). The second-order valence-electron chi connectivity index (χ2n) is 5.08. The third-order valence-electron chi connectivity index (χ3n) is 3.58. The molecule has 2 amide bonds. The lowest BCUT2D eigenvalue weighted by atomic mass is 9.97.